The van der Waals surface area contributed by atoms with E-state index in [4.69, 9.17) is 4.42 Å². The summed E-state index contributed by atoms with van der Waals surface area (Å²) in [5, 5.41) is 0. The third kappa shape index (κ3) is 3.52. The number of sulfonamides is 1. The Labute approximate surface area is 133 Å². The highest BCUT2D eigenvalue weighted by molar-refractivity contribution is 7.89. The number of aryl methyl sites for hydroxylation is 1. The predicted molar refractivity (Wildman–Crippen MR) is 85.3 cm³/mol. The van der Waals surface area contributed by atoms with Crippen molar-refractivity contribution in [1.82, 2.24) is 9.21 Å². The van der Waals surface area contributed by atoms with Crippen LogP contribution < -0.4 is 0 Å². The first-order valence-electron chi connectivity index (χ1n) is 7.37. The Kier molecular flexibility index (Phi) is 5.81. The van der Waals surface area contributed by atoms with Crippen LogP contribution in [0.5, 0.6) is 0 Å². The lowest BCUT2D eigenvalue weighted by molar-refractivity contribution is 0.0626. The van der Waals surface area contributed by atoms with Crippen molar-refractivity contribution in [2.24, 2.45) is 5.92 Å². The van der Waals surface area contributed by atoms with E-state index in [0.717, 1.165) is 4.31 Å². The van der Waals surface area contributed by atoms with E-state index in [2.05, 4.69) is 0 Å². The molecule has 0 radical (unpaired) electrons. The lowest BCUT2D eigenvalue weighted by Gasteiger charge is -2.30. The molecule has 1 heterocycles. The van der Waals surface area contributed by atoms with Crippen molar-refractivity contribution in [3.05, 3.63) is 17.6 Å². The van der Waals surface area contributed by atoms with Crippen LogP contribution in [-0.4, -0.2) is 50.2 Å². The van der Waals surface area contributed by atoms with Crippen LogP contribution in [0.1, 0.15) is 44.0 Å². The Bertz CT molecular complexity index is 632. The lowest BCUT2D eigenvalue weighted by atomic mass is 10.0. The number of rotatable bonds is 6. The first-order valence-corrected chi connectivity index (χ1v) is 8.81. The standard InChI is InChI=1S/C15H26N2O4S/c1-8-17(11(4)10(2)3)15(18)13-9-14(12(5)21-13)22(19,20)16(6)7/h9-11H,8H2,1-7H3/t11-/m0/s1. The number of nitrogens with zero attached hydrogens (tertiary/aromatic N) is 2. The van der Waals surface area contributed by atoms with Crippen molar-refractivity contribution in [2.45, 2.75) is 45.6 Å². The molecular weight excluding hydrogens is 304 g/mol. The van der Waals surface area contributed by atoms with Gasteiger partial charge in [-0.25, -0.2) is 12.7 Å². The molecule has 0 aromatic carbocycles. The Morgan fingerprint density at radius 1 is 1.27 bits per heavy atom. The van der Waals surface area contributed by atoms with Gasteiger partial charge in [-0.3, -0.25) is 4.79 Å². The third-order valence-corrected chi connectivity index (χ3v) is 5.82. The maximum atomic E-state index is 12.6. The van der Waals surface area contributed by atoms with Crippen LogP contribution in [0.15, 0.2) is 15.4 Å². The Balaban J connectivity index is 3.22. The maximum Gasteiger partial charge on any atom is 0.289 e. The van der Waals surface area contributed by atoms with Gasteiger partial charge in [-0.2, -0.15) is 0 Å². The fourth-order valence-corrected chi connectivity index (χ4v) is 3.20. The van der Waals surface area contributed by atoms with E-state index in [1.807, 2.05) is 27.7 Å². The normalized spacial score (nSPS) is 13.7. The fraction of sp³-hybridized carbons (Fsp3) is 0.667. The molecule has 0 N–H and O–H groups in total. The van der Waals surface area contributed by atoms with Crippen LogP contribution in [0, 0.1) is 12.8 Å². The van der Waals surface area contributed by atoms with Crippen LogP contribution in [-0.2, 0) is 10.0 Å². The van der Waals surface area contributed by atoms with Crippen LogP contribution in [0.4, 0.5) is 0 Å². The summed E-state index contributed by atoms with van der Waals surface area (Å²) in [7, 11) is -0.727. The molecule has 0 aliphatic rings. The highest BCUT2D eigenvalue weighted by Gasteiger charge is 2.29. The average Bonchev–Trinajstić information content (AvgIpc) is 2.81. The first-order chi connectivity index (χ1) is 10.0. The minimum Gasteiger partial charge on any atom is -0.455 e. The van der Waals surface area contributed by atoms with Crippen LogP contribution >= 0.6 is 0 Å². The molecule has 0 saturated carbocycles. The molecule has 0 aliphatic heterocycles. The number of carbonyl (C=O) groups is 1. The molecule has 0 saturated heterocycles. The molecule has 0 unspecified atom stereocenters. The minimum absolute atomic E-state index is 0.0362. The fourth-order valence-electron chi connectivity index (χ4n) is 2.14. The molecule has 7 heteroatoms. The van der Waals surface area contributed by atoms with Crippen molar-refractivity contribution in [1.29, 1.82) is 0 Å². The molecule has 0 bridgehead atoms. The summed E-state index contributed by atoms with van der Waals surface area (Å²) in [5.74, 6) is 0.300. The van der Waals surface area contributed by atoms with E-state index >= 15 is 0 Å². The van der Waals surface area contributed by atoms with E-state index in [1.165, 1.54) is 20.2 Å². The van der Waals surface area contributed by atoms with Crippen LogP contribution in [0.2, 0.25) is 0 Å². The minimum atomic E-state index is -3.62. The predicted octanol–water partition coefficient (Wildman–Crippen LogP) is 2.34. The van der Waals surface area contributed by atoms with E-state index in [9.17, 15) is 13.2 Å². The van der Waals surface area contributed by atoms with E-state index in [1.54, 1.807) is 11.8 Å². The van der Waals surface area contributed by atoms with Crippen molar-refractivity contribution in [2.75, 3.05) is 20.6 Å². The quantitative estimate of drug-likeness (QED) is 0.803. The van der Waals surface area contributed by atoms with Gasteiger partial charge in [-0.15, -0.1) is 0 Å². The van der Waals surface area contributed by atoms with Gasteiger partial charge in [-0.1, -0.05) is 13.8 Å². The number of hydrogen-bond acceptors (Lipinski definition) is 4. The summed E-state index contributed by atoms with van der Waals surface area (Å²) in [4.78, 5) is 14.3. The summed E-state index contributed by atoms with van der Waals surface area (Å²) in [5.41, 5.74) is 0. The molecule has 1 rings (SSSR count). The van der Waals surface area contributed by atoms with Crippen LogP contribution in [0.25, 0.3) is 0 Å². The van der Waals surface area contributed by atoms with Gasteiger partial charge < -0.3 is 9.32 Å². The lowest BCUT2D eigenvalue weighted by Crippen LogP contribution is -2.41. The average molecular weight is 330 g/mol. The van der Waals surface area contributed by atoms with Gasteiger partial charge in [0.15, 0.2) is 5.76 Å². The smallest absolute Gasteiger partial charge is 0.289 e. The van der Waals surface area contributed by atoms with E-state index < -0.39 is 10.0 Å². The number of amides is 1. The van der Waals surface area contributed by atoms with Crippen molar-refractivity contribution in [3.8, 4) is 0 Å². The third-order valence-electron chi connectivity index (χ3n) is 3.90. The summed E-state index contributed by atoms with van der Waals surface area (Å²) in [6.07, 6.45) is 0. The summed E-state index contributed by atoms with van der Waals surface area (Å²) >= 11 is 0. The Morgan fingerprint density at radius 3 is 2.23 bits per heavy atom. The molecule has 22 heavy (non-hydrogen) atoms. The molecule has 126 valence electrons. The molecule has 0 fully saturated rings. The molecular formula is C15H26N2O4S. The van der Waals surface area contributed by atoms with Crippen molar-refractivity contribution in [3.63, 3.8) is 0 Å². The van der Waals surface area contributed by atoms with E-state index in [-0.39, 0.29) is 28.4 Å². The van der Waals surface area contributed by atoms with Gasteiger partial charge in [0, 0.05) is 32.7 Å². The topological polar surface area (TPSA) is 70.8 Å². The van der Waals surface area contributed by atoms with Crippen molar-refractivity contribution >= 4 is 15.9 Å². The number of furan rings is 1. The zero-order valence-electron chi connectivity index (χ0n) is 14.4. The van der Waals surface area contributed by atoms with Gasteiger partial charge in [0.25, 0.3) is 5.91 Å². The molecule has 0 aliphatic carbocycles. The molecule has 1 aromatic rings. The second kappa shape index (κ2) is 6.83. The van der Waals surface area contributed by atoms with Gasteiger partial charge >= 0.3 is 0 Å². The zero-order valence-corrected chi connectivity index (χ0v) is 15.2. The highest BCUT2D eigenvalue weighted by Crippen LogP contribution is 2.24. The highest BCUT2D eigenvalue weighted by atomic mass is 32.2. The monoisotopic (exact) mass is 330 g/mol. The Hall–Kier alpha value is -1.34. The summed E-state index contributed by atoms with van der Waals surface area (Å²) in [6.45, 7) is 10.0. The molecule has 0 spiro atoms. The first kappa shape index (κ1) is 18.7. The molecule has 1 amide bonds. The summed E-state index contributed by atoms with van der Waals surface area (Å²) in [6, 6.07) is 1.36. The van der Waals surface area contributed by atoms with Gasteiger partial charge in [0.05, 0.1) is 0 Å². The van der Waals surface area contributed by atoms with Gasteiger partial charge in [0.1, 0.15) is 10.7 Å². The zero-order chi connectivity index (χ0) is 17.2. The molecule has 1 atom stereocenters. The van der Waals surface area contributed by atoms with Gasteiger partial charge in [0.2, 0.25) is 10.0 Å². The second-order valence-electron chi connectivity index (χ2n) is 5.89. The SMILES string of the molecule is CCN(C(=O)c1cc(S(=O)(=O)N(C)C)c(C)o1)[C@@H](C)C(C)C. The number of carbonyl (C=O) groups excluding carboxylic acids is 1. The summed E-state index contributed by atoms with van der Waals surface area (Å²) < 4.78 is 31.0. The van der Waals surface area contributed by atoms with E-state index in [0.29, 0.717) is 12.5 Å². The Morgan fingerprint density at radius 2 is 1.82 bits per heavy atom. The van der Waals surface area contributed by atoms with Crippen LogP contribution in [0.3, 0.4) is 0 Å². The number of hydrogen-bond donors (Lipinski definition) is 0. The van der Waals surface area contributed by atoms with Crippen molar-refractivity contribution < 1.29 is 17.6 Å². The van der Waals surface area contributed by atoms with Gasteiger partial charge in [-0.05, 0) is 26.7 Å². The largest absolute Gasteiger partial charge is 0.455 e. The molecule has 6 nitrogen and oxygen atoms in total. The second-order valence-corrected chi connectivity index (χ2v) is 8.01. The molecule has 1 aromatic heterocycles. The maximum absolute atomic E-state index is 12.6.